The van der Waals surface area contributed by atoms with E-state index in [1.54, 1.807) is 17.2 Å². The van der Waals surface area contributed by atoms with Gasteiger partial charge in [-0.1, -0.05) is 5.92 Å². The van der Waals surface area contributed by atoms with Crippen molar-refractivity contribution in [2.24, 2.45) is 0 Å². The zero-order valence-corrected chi connectivity index (χ0v) is 16.1. The summed E-state index contributed by atoms with van der Waals surface area (Å²) in [6.07, 6.45) is 7.43. The van der Waals surface area contributed by atoms with E-state index in [1.165, 1.54) is 6.33 Å². The molecular formula is C19H22FN5O4. The molecule has 2 unspecified atom stereocenters. The van der Waals surface area contributed by atoms with Crippen molar-refractivity contribution in [2.45, 2.75) is 62.8 Å². The van der Waals surface area contributed by atoms with Gasteiger partial charge in [-0.25, -0.2) is 24.0 Å². The standard InChI is InChI=1S/C19H22FN5O4/c1-4-14-15-16(29-19(2,3)28-15)18(27-14)25(12-5-11(20)7-26-8-12)24-10-23-13-6-21-9-22-17(13)24/h1,6,9-12,14-16,18H,5,7-8H2,2-3H3/t11-,12?,14-,15?,16-,18-/m1/s1. The normalized spacial score (nSPS) is 36.1. The van der Waals surface area contributed by atoms with Crippen LogP contribution in [-0.4, -0.2) is 75.4 Å². The average molecular weight is 403 g/mol. The number of alkyl halides is 1. The largest absolute Gasteiger partial charge is 0.376 e. The van der Waals surface area contributed by atoms with Crippen molar-refractivity contribution < 1.29 is 23.3 Å². The summed E-state index contributed by atoms with van der Waals surface area (Å²) in [6, 6.07) is -0.333. The molecule has 154 valence electrons. The summed E-state index contributed by atoms with van der Waals surface area (Å²) in [7, 11) is 0. The highest BCUT2D eigenvalue weighted by atomic mass is 19.1. The van der Waals surface area contributed by atoms with Gasteiger partial charge in [0.15, 0.2) is 17.7 Å². The molecule has 3 aliphatic rings. The fourth-order valence-electron chi connectivity index (χ4n) is 4.30. The summed E-state index contributed by atoms with van der Waals surface area (Å²) in [5.41, 5.74) is 1.18. The number of hydrogen-bond donors (Lipinski definition) is 0. The zero-order chi connectivity index (χ0) is 20.2. The third-order valence-electron chi connectivity index (χ3n) is 5.41. The first kappa shape index (κ1) is 18.7. The van der Waals surface area contributed by atoms with Gasteiger partial charge in [0.05, 0.1) is 25.5 Å². The summed E-state index contributed by atoms with van der Waals surface area (Å²) in [5, 5.41) is 1.87. The highest BCUT2D eigenvalue weighted by Gasteiger charge is 2.58. The molecule has 9 nitrogen and oxygen atoms in total. The number of hydrogen-bond acceptors (Lipinski definition) is 8. The van der Waals surface area contributed by atoms with E-state index < -0.39 is 36.5 Å². The molecule has 0 saturated carbocycles. The Morgan fingerprint density at radius 2 is 2.10 bits per heavy atom. The van der Waals surface area contributed by atoms with Crippen LogP contribution in [0.5, 0.6) is 0 Å². The Bertz CT molecular complexity index is 946. The average Bonchev–Trinajstić information content (AvgIpc) is 3.34. The van der Waals surface area contributed by atoms with Gasteiger partial charge in [0.2, 0.25) is 0 Å². The van der Waals surface area contributed by atoms with Gasteiger partial charge < -0.3 is 18.9 Å². The van der Waals surface area contributed by atoms with E-state index >= 15 is 0 Å². The van der Waals surface area contributed by atoms with Crippen molar-refractivity contribution in [1.29, 1.82) is 0 Å². The molecule has 0 spiro atoms. The fraction of sp³-hybridized carbons (Fsp3) is 0.632. The predicted molar refractivity (Wildman–Crippen MR) is 99.0 cm³/mol. The van der Waals surface area contributed by atoms with Crippen LogP contribution in [0.2, 0.25) is 0 Å². The van der Waals surface area contributed by atoms with Crippen LogP contribution in [0.15, 0.2) is 18.9 Å². The molecule has 6 atom stereocenters. The third-order valence-corrected chi connectivity index (χ3v) is 5.41. The minimum Gasteiger partial charge on any atom is -0.376 e. The second-order valence-electron chi connectivity index (χ2n) is 7.90. The lowest BCUT2D eigenvalue weighted by molar-refractivity contribution is -0.184. The quantitative estimate of drug-likeness (QED) is 0.695. The molecule has 3 fully saturated rings. The first-order valence-electron chi connectivity index (χ1n) is 9.57. The minimum absolute atomic E-state index is 0.0778. The zero-order valence-electron chi connectivity index (χ0n) is 16.1. The summed E-state index contributed by atoms with van der Waals surface area (Å²) in [6.45, 7) is 4.07. The SMILES string of the molecule is C#C[C@H]1O[C@@H](N(C2COC[C@H](F)C2)n2cnc3cncnc32)[C@@H]2OC(C)(C)OC21. The lowest BCUT2D eigenvalue weighted by Gasteiger charge is -2.41. The van der Waals surface area contributed by atoms with Gasteiger partial charge in [0.1, 0.15) is 42.7 Å². The maximum Gasteiger partial charge on any atom is 0.182 e. The molecular weight excluding hydrogens is 381 g/mol. The second kappa shape index (κ2) is 6.88. The highest BCUT2D eigenvalue weighted by Crippen LogP contribution is 2.40. The molecule has 0 N–H and O–H groups in total. The van der Waals surface area contributed by atoms with Gasteiger partial charge >= 0.3 is 0 Å². The molecule has 10 heteroatoms. The Balaban J connectivity index is 1.58. The van der Waals surface area contributed by atoms with Crippen molar-refractivity contribution in [3.8, 4) is 12.3 Å². The second-order valence-corrected chi connectivity index (χ2v) is 7.90. The summed E-state index contributed by atoms with van der Waals surface area (Å²) < 4.78 is 39.8. The van der Waals surface area contributed by atoms with Crippen molar-refractivity contribution in [1.82, 2.24) is 19.6 Å². The Labute approximate surface area is 167 Å². The van der Waals surface area contributed by atoms with E-state index in [0.717, 1.165) is 0 Å². The fourth-order valence-corrected chi connectivity index (χ4v) is 4.30. The summed E-state index contributed by atoms with van der Waals surface area (Å²) in [5.74, 6) is 1.84. The van der Waals surface area contributed by atoms with Gasteiger partial charge in [-0.2, -0.15) is 0 Å². The van der Waals surface area contributed by atoms with Gasteiger partial charge in [-0.15, -0.1) is 6.42 Å². The first-order chi connectivity index (χ1) is 14.0. The van der Waals surface area contributed by atoms with E-state index in [0.29, 0.717) is 17.8 Å². The lowest BCUT2D eigenvalue weighted by atomic mass is 10.1. The molecule has 5 rings (SSSR count). The molecule has 5 heterocycles. The molecule has 29 heavy (non-hydrogen) atoms. The third kappa shape index (κ3) is 3.14. The van der Waals surface area contributed by atoms with Crippen LogP contribution in [-0.2, 0) is 18.9 Å². The predicted octanol–water partition coefficient (Wildman–Crippen LogP) is 0.769. The first-order valence-corrected chi connectivity index (χ1v) is 9.57. The maximum absolute atomic E-state index is 14.2. The number of aromatic nitrogens is 4. The van der Waals surface area contributed by atoms with E-state index in [2.05, 4.69) is 20.9 Å². The lowest BCUT2D eigenvalue weighted by Crippen LogP contribution is -2.58. The van der Waals surface area contributed by atoms with Crippen molar-refractivity contribution in [3.63, 3.8) is 0 Å². The summed E-state index contributed by atoms with van der Waals surface area (Å²) in [4.78, 5) is 12.7. The number of ether oxygens (including phenoxy) is 4. The summed E-state index contributed by atoms with van der Waals surface area (Å²) >= 11 is 0. The highest BCUT2D eigenvalue weighted by molar-refractivity contribution is 5.69. The van der Waals surface area contributed by atoms with Gasteiger partial charge in [0, 0.05) is 6.42 Å². The van der Waals surface area contributed by atoms with E-state index in [1.807, 2.05) is 18.9 Å². The number of imidazole rings is 1. The van der Waals surface area contributed by atoms with Gasteiger partial charge in [0.25, 0.3) is 0 Å². The van der Waals surface area contributed by atoms with Crippen LogP contribution in [0.25, 0.3) is 11.2 Å². The van der Waals surface area contributed by atoms with Crippen LogP contribution in [0.3, 0.4) is 0 Å². The Morgan fingerprint density at radius 3 is 2.90 bits per heavy atom. The molecule has 0 amide bonds. The molecule has 0 aliphatic carbocycles. The van der Waals surface area contributed by atoms with Crippen molar-refractivity contribution in [2.75, 3.05) is 18.2 Å². The maximum atomic E-state index is 14.2. The topological polar surface area (TPSA) is 83.8 Å². The molecule has 2 aromatic rings. The monoisotopic (exact) mass is 403 g/mol. The molecule has 3 saturated heterocycles. The van der Waals surface area contributed by atoms with Crippen LogP contribution < -0.4 is 5.01 Å². The number of fused-ring (bicyclic) bond motifs is 2. The van der Waals surface area contributed by atoms with Crippen LogP contribution in [0.1, 0.15) is 20.3 Å². The van der Waals surface area contributed by atoms with Crippen molar-refractivity contribution >= 4 is 11.2 Å². The molecule has 0 radical (unpaired) electrons. The molecule has 3 aliphatic heterocycles. The smallest absolute Gasteiger partial charge is 0.182 e. The number of terminal acetylenes is 1. The number of halogens is 1. The molecule has 0 bridgehead atoms. The van der Waals surface area contributed by atoms with Crippen LogP contribution >= 0.6 is 0 Å². The van der Waals surface area contributed by atoms with Gasteiger partial charge in [-0.05, 0) is 13.8 Å². The minimum atomic E-state index is -1.08. The molecule has 2 aromatic heterocycles. The Morgan fingerprint density at radius 1 is 1.28 bits per heavy atom. The van der Waals surface area contributed by atoms with Crippen LogP contribution in [0.4, 0.5) is 4.39 Å². The van der Waals surface area contributed by atoms with Gasteiger partial charge in [-0.3, -0.25) is 5.01 Å². The Hall–Kier alpha value is -2.32. The number of nitrogens with zero attached hydrogens (tertiary/aromatic N) is 5. The Kier molecular flexibility index (Phi) is 4.43. The van der Waals surface area contributed by atoms with Crippen molar-refractivity contribution in [3.05, 3.63) is 18.9 Å². The van der Waals surface area contributed by atoms with Crippen LogP contribution in [0, 0.1) is 12.3 Å². The molecule has 0 aromatic carbocycles. The van der Waals surface area contributed by atoms with E-state index in [-0.39, 0.29) is 19.1 Å². The number of rotatable bonds is 3. The van der Waals surface area contributed by atoms with E-state index in [9.17, 15) is 4.39 Å². The van der Waals surface area contributed by atoms with E-state index in [4.69, 9.17) is 25.4 Å².